The number of Topliss-reactive ketones (excluding diaryl/α,β-unsaturated/α-hetero) is 1. The maximum atomic E-state index is 12.0. The van der Waals surface area contributed by atoms with E-state index in [2.05, 4.69) is 4.99 Å². The Hall–Kier alpha value is -1.68. The molecule has 0 aromatic rings. The minimum atomic E-state index is -0.171. The lowest BCUT2D eigenvalue weighted by molar-refractivity contribution is -0.117. The van der Waals surface area contributed by atoms with Crippen molar-refractivity contribution in [2.45, 2.75) is 39.2 Å². The second-order valence-electron chi connectivity index (χ2n) is 5.95. The molecule has 3 N–H and O–H groups in total. The molecule has 0 spiro atoms. The molecule has 0 aromatic carbocycles. The van der Waals surface area contributed by atoms with Crippen LogP contribution in [0.4, 0.5) is 0 Å². The van der Waals surface area contributed by atoms with E-state index in [4.69, 9.17) is 5.73 Å². The van der Waals surface area contributed by atoms with Gasteiger partial charge in [-0.15, -0.1) is 0 Å². The Morgan fingerprint density at radius 2 is 2.21 bits per heavy atom. The van der Waals surface area contributed by atoms with E-state index in [1.54, 1.807) is 0 Å². The topological polar surface area (TPSA) is 75.7 Å². The molecule has 0 saturated carbocycles. The average molecular weight is 260 g/mol. The summed E-state index contributed by atoms with van der Waals surface area (Å²) in [7, 11) is 0. The summed E-state index contributed by atoms with van der Waals surface area (Å²) in [6, 6.07) is 0.0451. The van der Waals surface area contributed by atoms with Gasteiger partial charge in [-0.1, -0.05) is 26.0 Å². The lowest BCUT2D eigenvalue weighted by Gasteiger charge is -2.28. The van der Waals surface area contributed by atoms with Crippen LogP contribution in [0.5, 0.6) is 0 Å². The van der Waals surface area contributed by atoms with Crippen LogP contribution >= 0.6 is 0 Å². The van der Waals surface area contributed by atoms with Gasteiger partial charge in [0.25, 0.3) is 0 Å². The van der Waals surface area contributed by atoms with Crippen molar-refractivity contribution < 1.29 is 9.90 Å². The largest absolute Gasteiger partial charge is 0.511 e. The third-order valence-corrected chi connectivity index (χ3v) is 3.35. The minimum absolute atomic E-state index is 0.0451. The fourth-order valence-corrected chi connectivity index (χ4v) is 2.31. The predicted molar refractivity (Wildman–Crippen MR) is 76.0 cm³/mol. The van der Waals surface area contributed by atoms with E-state index in [9.17, 15) is 9.90 Å². The van der Waals surface area contributed by atoms with E-state index in [0.29, 0.717) is 18.4 Å². The van der Waals surface area contributed by atoms with Crippen molar-refractivity contribution in [2.24, 2.45) is 16.1 Å². The van der Waals surface area contributed by atoms with Gasteiger partial charge in [-0.3, -0.25) is 9.79 Å². The normalized spacial score (nSPS) is 27.0. The number of aliphatic imine (C=N–C) groups is 1. The summed E-state index contributed by atoms with van der Waals surface area (Å²) in [5, 5.41) is 9.96. The molecule has 0 aliphatic heterocycles. The summed E-state index contributed by atoms with van der Waals surface area (Å²) in [4.78, 5) is 16.2. The molecule has 0 heterocycles. The average Bonchev–Trinajstić information content (AvgIpc) is 2.29. The first-order valence-corrected chi connectivity index (χ1v) is 6.51. The molecular formula is C15H20N2O2. The Morgan fingerprint density at radius 3 is 2.79 bits per heavy atom. The summed E-state index contributed by atoms with van der Waals surface area (Å²) in [5.41, 5.74) is 6.67. The summed E-state index contributed by atoms with van der Waals surface area (Å²) in [5.74, 6) is 0.0941. The molecule has 0 bridgehead atoms. The van der Waals surface area contributed by atoms with Crippen molar-refractivity contribution >= 4 is 12.0 Å². The zero-order valence-electron chi connectivity index (χ0n) is 11.4. The summed E-state index contributed by atoms with van der Waals surface area (Å²) < 4.78 is 0. The SMILES string of the molecule is CC1(C)CC(=O)C(C=NC2=CCC(N)C=C2)=C(O)C1. The van der Waals surface area contributed by atoms with Crippen molar-refractivity contribution in [1.29, 1.82) is 0 Å². The lowest BCUT2D eigenvalue weighted by Crippen LogP contribution is -2.26. The molecule has 0 amide bonds. The number of nitrogens with two attached hydrogens (primary N) is 1. The fraction of sp³-hybridized carbons (Fsp3) is 0.467. The smallest absolute Gasteiger partial charge is 0.168 e. The Balaban J connectivity index is 2.15. The number of nitrogens with zero attached hydrogens (tertiary/aromatic N) is 1. The van der Waals surface area contributed by atoms with Gasteiger partial charge in [0.2, 0.25) is 0 Å². The highest BCUT2D eigenvalue weighted by atomic mass is 16.3. The van der Waals surface area contributed by atoms with Crippen molar-refractivity contribution in [2.75, 3.05) is 0 Å². The molecule has 1 unspecified atom stereocenters. The molecule has 1 atom stereocenters. The van der Waals surface area contributed by atoms with Gasteiger partial charge >= 0.3 is 0 Å². The Kier molecular flexibility index (Phi) is 3.71. The Bertz CT molecular complexity index is 510. The molecule has 0 fully saturated rings. The number of hydrogen-bond acceptors (Lipinski definition) is 4. The van der Waals surface area contributed by atoms with E-state index in [1.807, 2.05) is 32.1 Å². The fourth-order valence-electron chi connectivity index (χ4n) is 2.31. The van der Waals surface area contributed by atoms with Gasteiger partial charge in [0.1, 0.15) is 5.76 Å². The molecule has 2 rings (SSSR count). The van der Waals surface area contributed by atoms with Crippen LogP contribution in [0.25, 0.3) is 0 Å². The van der Waals surface area contributed by atoms with E-state index in [1.165, 1.54) is 6.21 Å². The third-order valence-electron chi connectivity index (χ3n) is 3.35. The van der Waals surface area contributed by atoms with Crippen molar-refractivity contribution in [1.82, 2.24) is 0 Å². The summed E-state index contributed by atoms with van der Waals surface area (Å²) in [6.45, 7) is 3.95. The van der Waals surface area contributed by atoms with Crippen molar-refractivity contribution in [3.05, 3.63) is 35.3 Å². The van der Waals surface area contributed by atoms with Crippen LogP contribution in [0.2, 0.25) is 0 Å². The molecule has 0 saturated heterocycles. The Labute approximate surface area is 113 Å². The first-order valence-electron chi connectivity index (χ1n) is 6.51. The minimum Gasteiger partial charge on any atom is -0.511 e. The first-order chi connectivity index (χ1) is 8.87. The number of ketones is 1. The molecule has 4 nitrogen and oxygen atoms in total. The number of carbonyl (C=O) groups excluding carboxylic acids is 1. The van der Waals surface area contributed by atoms with Crippen LogP contribution < -0.4 is 5.73 Å². The van der Waals surface area contributed by atoms with Gasteiger partial charge in [-0.05, 0) is 17.9 Å². The van der Waals surface area contributed by atoms with E-state index in [-0.39, 0.29) is 23.0 Å². The van der Waals surface area contributed by atoms with Crippen LogP contribution in [-0.4, -0.2) is 23.1 Å². The highest BCUT2D eigenvalue weighted by molar-refractivity contribution is 6.14. The number of aliphatic hydroxyl groups excluding tert-OH is 1. The number of allylic oxidation sites excluding steroid dienone is 3. The summed E-state index contributed by atoms with van der Waals surface area (Å²) >= 11 is 0. The molecule has 102 valence electrons. The van der Waals surface area contributed by atoms with Gasteiger partial charge < -0.3 is 10.8 Å². The van der Waals surface area contributed by atoms with Gasteiger partial charge in [0, 0.05) is 25.1 Å². The number of aliphatic hydroxyl groups is 1. The first kappa shape index (κ1) is 13.7. The van der Waals surface area contributed by atoms with Gasteiger partial charge in [0.15, 0.2) is 5.78 Å². The van der Waals surface area contributed by atoms with E-state index < -0.39 is 0 Å². The number of hydrogen-bond donors (Lipinski definition) is 2. The van der Waals surface area contributed by atoms with Crippen LogP contribution in [0.3, 0.4) is 0 Å². The van der Waals surface area contributed by atoms with Crippen LogP contribution in [0.15, 0.2) is 40.2 Å². The standard InChI is InChI=1S/C15H20N2O2/c1-15(2)7-13(18)12(14(19)8-15)9-17-11-5-3-10(16)4-6-11/h3,5-6,9-10,18H,4,7-8,16H2,1-2H3. The predicted octanol–water partition coefficient (Wildman–Crippen LogP) is 2.43. The zero-order chi connectivity index (χ0) is 14.0. The van der Waals surface area contributed by atoms with Gasteiger partial charge in [-0.2, -0.15) is 0 Å². The second kappa shape index (κ2) is 5.13. The van der Waals surface area contributed by atoms with Gasteiger partial charge in [0.05, 0.1) is 11.3 Å². The molecule has 19 heavy (non-hydrogen) atoms. The molecule has 2 aliphatic rings. The third kappa shape index (κ3) is 3.41. The highest BCUT2D eigenvalue weighted by Crippen LogP contribution is 2.35. The van der Waals surface area contributed by atoms with Gasteiger partial charge in [-0.25, -0.2) is 0 Å². The van der Waals surface area contributed by atoms with Crippen molar-refractivity contribution in [3.8, 4) is 0 Å². The molecule has 0 radical (unpaired) electrons. The second-order valence-corrected chi connectivity index (χ2v) is 5.95. The maximum Gasteiger partial charge on any atom is 0.168 e. The van der Waals surface area contributed by atoms with Crippen LogP contribution in [0.1, 0.15) is 33.1 Å². The Morgan fingerprint density at radius 1 is 1.47 bits per heavy atom. The molecular weight excluding hydrogens is 240 g/mol. The molecule has 0 aromatic heterocycles. The zero-order valence-corrected chi connectivity index (χ0v) is 11.4. The highest BCUT2D eigenvalue weighted by Gasteiger charge is 2.32. The van der Waals surface area contributed by atoms with Crippen molar-refractivity contribution in [3.63, 3.8) is 0 Å². The number of rotatable bonds is 2. The lowest BCUT2D eigenvalue weighted by atomic mass is 9.77. The monoisotopic (exact) mass is 260 g/mol. The molecule has 2 aliphatic carbocycles. The number of carbonyl (C=O) groups is 1. The summed E-state index contributed by atoms with van der Waals surface area (Å²) in [6.07, 6.45) is 8.81. The van der Waals surface area contributed by atoms with Crippen LogP contribution in [0, 0.1) is 5.41 Å². The maximum absolute atomic E-state index is 12.0. The quantitative estimate of drug-likeness (QED) is 0.749. The van der Waals surface area contributed by atoms with E-state index in [0.717, 1.165) is 12.1 Å². The van der Waals surface area contributed by atoms with Crippen LogP contribution in [-0.2, 0) is 4.79 Å². The van der Waals surface area contributed by atoms with E-state index >= 15 is 0 Å². The molecule has 4 heteroatoms.